The molecule has 5 nitrogen and oxygen atoms in total. The average molecular weight is 320 g/mol. The van der Waals surface area contributed by atoms with E-state index in [2.05, 4.69) is 27.5 Å². The van der Waals surface area contributed by atoms with Crippen LogP contribution in [0.1, 0.15) is 42.3 Å². The Bertz CT molecular complexity index is 808. The molecule has 0 bridgehead atoms. The van der Waals surface area contributed by atoms with Crippen molar-refractivity contribution in [3.63, 3.8) is 0 Å². The second kappa shape index (κ2) is 5.74. The van der Waals surface area contributed by atoms with Crippen LogP contribution in [0.15, 0.2) is 47.7 Å². The van der Waals surface area contributed by atoms with Crippen molar-refractivity contribution in [2.75, 3.05) is 5.01 Å². The Hall–Kier alpha value is -2.69. The zero-order valence-corrected chi connectivity index (χ0v) is 13.9. The molecule has 5 heteroatoms. The summed E-state index contributed by atoms with van der Waals surface area (Å²) in [5.41, 5.74) is 8.21. The van der Waals surface area contributed by atoms with Crippen LogP contribution in [0.5, 0.6) is 0 Å². The highest BCUT2D eigenvalue weighted by atomic mass is 16.1. The van der Waals surface area contributed by atoms with Crippen molar-refractivity contribution in [3.8, 4) is 0 Å². The molecule has 2 aromatic rings. The predicted octanol–water partition coefficient (Wildman–Crippen LogP) is 3.17. The van der Waals surface area contributed by atoms with Crippen molar-refractivity contribution < 1.29 is 4.79 Å². The molecule has 0 saturated carbocycles. The summed E-state index contributed by atoms with van der Waals surface area (Å²) >= 11 is 0. The minimum atomic E-state index is -0.171. The van der Waals surface area contributed by atoms with Crippen LogP contribution in [0.4, 0.5) is 5.95 Å². The van der Waals surface area contributed by atoms with Crippen LogP contribution in [0.25, 0.3) is 0 Å². The monoisotopic (exact) mass is 320 g/mol. The molecule has 1 aliphatic carbocycles. The van der Waals surface area contributed by atoms with Crippen molar-refractivity contribution in [2.45, 2.75) is 39.2 Å². The number of aryl methyl sites for hydroxylation is 2. The summed E-state index contributed by atoms with van der Waals surface area (Å²) < 4.78 is 0. The second-order valence-electron chi connectivity index (χ2n) is 6.41. The fourth-order valence-electron chi connectivity index (χ4n) is 3.57. The van der Waals surface area contributed by atoms with Crippen molar-refractivity contribution in [1.82, 2.24) is 15.4 Å². The number of Topliss-reactive ketones (excluding diaryl/α,β-unsaturated/α-hetero) is 1. The van der Waals surface area contributed by atoms with Crippen LogP contribution >= 0.6 is 0 Å². The van der Waals surface area contributed by atoms with E-state index in [0.29, 0.717) is 12.4 Å². The molecule has 0 spiro atoms. The number of allylic oxidation sites excluding steroid dienone is 1. The first-order valence-corrected chi connectivity index (χ1v) is 8.33. The van der Waals surface area contributed by atoms with Crippen LogP contribution in [-0.2, 0) is 4.79 Å². The zero-order valence-electron chi connectivity index (χ0n) is 13.9. The van der Waals surface area contributed by atoms with Gasteiger partial charge >= 0.3 is 0 Å². The molecule has 1 aromatic heterocycles. The normalized spacial score (nSPS) is 20.2. The molecule has 4 rings (SSSR count). The molecular weight excluding hydrogens is 300 g/mol. The molecule has 1 aromatic carbocycles. The molecule has 0 saturated heterocycles. The quantitative estimate of drug-likeness (QED) is 0.921. The summed E-state index contributed by atoms with van der Waals surface area (Å²) in [6, 6.07) is 11.9. The number of carbonyl (C=O) groups excluding carboxylic acids is 1. The van der Waals surface area contributed by atoms with E-state index in [1.165, 1.54) is 0 Å². The number of nitrogens with one attached hydrogen (secondary N) is 1. The SMILES string of the molecule is Cc1cc(C)nc(N2NC3=C(C(=O)CCC3)[C@@H]2c2ccccc2)n1. The van der Waals surface area contributed by atoms with Crippen molar-refractivity contribution in [2.24, 2.45) is 0 Å². The first kappa shape index (κ1) is 14.9. The Morgan fingerprint density at radius 3 is 2.50 bits per heavy atom. The number of ketones is 1. The van der Waals surface area contributed by atoms with Gasteiger partial charge in [-0.3, -0.25) is 10.2 Å². The number of benzene rings is 1. The van der Waals surface area contributed by atoms with Gasteiger partial charge in [-0.2, -0.15) is 0 Å². The maximum absolute atomic E-state index is 12.6. The largest absolute Gasteiger partial charge is 0.299 e. The van der Waals surface area contributed by atoms with E-state index in [9.17, 15) is 4.79 Å². The highest BCUT2D eigenvalue weighted by molar-refractivity contribution is 5.99. The molecule has 122 valence electrons. The Balaban J connectivity index is 1.84. The summed E-state index contributed by atoms with van der Waals surface area (Å²) in [4.78, 5) is 21.8. The Morgan fingerprint density at radius 2 is 1.79 bits per heavy atom. The Kier molecular flexibility index (Phi) is 3.56. The molecule has 1 N–H and O–H groups in total. The molecule has 0 unspecified atom stereocenters. The summed E-state index contributed by atoms with van der Waals surface area (Å²) in [5.74, 6) is 0.841. The third kappa shape index (κ3) is 2.46. The van der Waals surface area contributed by atoms with Gasteiger partial charge in [-0.1, -0.05) is 30.3 Å². The molecule has 0 amide bonds. The van der Waals surface area contributed by atoms with E-state index < -0.39 is 0 Å². The average Bonchev–Trinajstić information content (AvgIpc) is 2.96. The van der Waals surface area contributed by atoms with Gasteiger partial charge in [-0.05, 0) is 38.3 Å². The Labute approximate surface area is 141 Å². The van der Waals surface area contributed by atoms with Gasteiger partial charge in [0.25, 0.3) is 0 Å². The summed E-state index contributed by atoms with van der Waals surface area (Å²) in [6.45, 7) is 3.93. The molecule has 0 fully saturated rings. The molecule has 24 heavy (non-hydrogen) atoms. The number of nitrogens with zero attached hydrogens (tertiary/aromatic N) is 3. The number of anilines is 1. The van der Waals surface area contributed by atoms with Gasteiger partial charge in [0.2, 0.25) is 5.95 Å². The van der Waals surface area contributed by atoms with E-state index in [-0.39, 0.29) is 11.8 Å². The molecular formula is C19H20N4O. The van der Waals surface area contributed by atoms with Crippen LogP contribution in [0.2, 0.25) is 0 Å². The standard InChI is InChI=1S/C19H20N4O/c1-12-11-13(2)21-19(20-12)23-18(14-7-4-3-5-8-14)17-15(22-23)9-6-10-16(17)24/h3-5,7-8,11,18,22H,6,9-10H2,1-2H3/t18-/m0/s1. The van der Waals surface area contributed by atoms with E-state index in [0.717, 1.165) is 41.1 Å². The van der Waals surface area contributed by atoms with Gasteiger partial charge in [0.15, 0.2) is 5.78 Å². The van der Waals surface area contributed by atoms with Gasteiger partial charge in [0, 0.05) is 29.1 Å². The lowest BCUT2D eigenvalue weighted by Crippen LogP contribution is -2.36. The molecule has 2 heterocycles. The predicted molar refractivity (Wildman–Crippen MR) is 92.2 cm³/mol. The fourth-order valence-corrected chi connectivity index (χ4v) is 3.57. The number of carbonyl (C=O) groups is 1. The number of hydrazine groups is 1. The van der Waals surface area contributed by atoms with E-state index in [1.54, 1.807) is 0 Å². The number of hydrogen-bond donors (Lipinski definition) is 1. The highest BCUT2D eigenvalue weighted by Gasteiger charge is 2.40. The van der Waals surface area contributed by atoms with E-state index >= 15 is 0 Å². The topological polar surface area (TPSA) is 58.1 Å². The van der Waals surface area contributed by atoms with Gasteiger partial charge in [-0.15, -0.1) is 0 Å². The minimum Gasteiger partial charge on any atom is -0.299 e. The lowest BCUT2D eigenvalue weighted by molar-refractivity contribution is -0.116. The third-order valence-corrected chi connectivity index (χ3v) is 4.54. The van der Waals surface area contributed by atoms with E-state index in [4.69, 9.17) is 0 Å². The minimum absolute atomic E-state index is 0.171. The van der Waals surface area contributed by atoms with Crippen molar-refractivity contribution in [3.05, 3.63) is 64.6 Å². The van der Waals surface area contributed by atoms with Crippen LogP contribution in [-0.4, -0.2) is 15.8 Å². The smallest absolute Gasteiger partial charge is 0.245 e. The van der Waals surface area contributed by atoms with Gasteiger partial charge in [0.05, 0.1) is 0 Å². The van der Waals surface area contributed by atoms with Crippen molar-refractivity contribution >= 4 is 11.7 Å². The number of aromatic nitrogens is 2. The maximum Gasteiger partial charge on any atom is 0.245 e. The van der Waals surface area contributed by atoms with Crippen LogP contribution < -0.4 is 10.4 Å². The molecule has 1 atom stereocenters. The van der Waals surface area contributed by atoms with Gasteiger partial charge in [0.1, 0.15) is 6.04 Å². The fraction of sp³-hybridized carbons (Fsp3) is 0.316. The summed E-state index contributed by atoms with van der Waals surface area (Å²) in [5, 5.41) is 1.95. The lowest BCUT2D eigenvalue weighted by atomic mass is 9.88. The van der Waals surface area contributed by atoms with Gasteiger partial charge in [-0.25, -0.2) is 15.0 Å². The molecule has 0 radical (unpaired) electrons. The number of hydrogen-bond acceptors (Lipinski definition) is 5. The first-order chi connectivity index (χ1) is 11.6. The second-order valence-corrected chi connectivity index (χ2v) is 6.41. The van der Waals surface area contributed by atoms with Crippen LogP contribution in [0, 0.1) is 13.8 Å². The maximum atomic E-state index is 12.6. The van der Waals surface area contributed by atoms with E-state index in [1.807, 2.05) is 43.1 Å². The molecule has 1 aliphatic heterocycles. The third-order valence-electron chi connectivity index (χ3n) is 4.54. The summed E-state index contributed by atoms with van der Waals surface area (Å²) in [7, 11) is 0. The van der Waals surface area contributed by atoms with Crippen molar-refractivity contribution in [1.29, 1.82) is 0 Å². The summed E-state index contributed by atoms with van der Waals surface area (Å²) in [6.07, 6.45) is 2.41. The molecule has 2 aliphatic rings. The Morgan fingerprint density at radius 1 is 1.08 bits per heavy atom. The van der Waals surface area contributed by atoms with Crippen LogP contribution in [0.3, 0.4) is 0 Å². The zero-order chi connectivity index (χ0) is 16.7. The van der Waals surface area contributed by atoms with Gasteiger partial charge < -0.3 is 0 Å². The number of rotatable bonds is 2. The first-order valence-electron chi connectivity index (χ1n) is 8.33. The highest BCUT2D eigenvalue weighted by Crippen LogP contribution is 2.40. The lowest BCUT2D eigenvalue weighted by Gasteiger charge is -2.27.